The van der Waals surface area contributed by atoms with E-state index in [0.717, 1.165) is 6.07 Å². The summed E-state index contributed by atoms with van der Waals surface area (Å²) >= 11 is 0. The third-order valence-corrected chi connectivity index (χ3v) is 2.07. The summed E-state index contributed by atoms with van der Waals surface area (Å²) in [6, 6.07) is 1.12. The van der Waals surface area contributed by atoms with Crippen LogP contribution in [0.3, 0.4) is 0 Å². The van der Waals surface area contributed by atoms with Gasteiger partial charge >= 0.3 is 0 Å². The van der Waals surface area contributed by atoms with Crippen molar-refractivity contribution in [2.75, 3.05) is 0 Å². The van der Waals surface area contributed by atoms with Crippen LogP contribution in [-0.2, 0) is 11.3 Å². The molecule has 0 N–H and O–H groups in total. The summed E-state index contributed by atoms with van der Waals surface area (Å²) in [6.07, 6.45) is 1.30. The van der Waals surface area contributed by atoms with Crippen LogP contribution < -0.4 is 0 Å². The van der Waals surface area contributed by atoms with Crippen LogP contribution in [0.1, 0.15) is 16.7 Å². The van der Waals surface area contributed by atoms with E-state index >= 15 is 0 Å². The Hall–Kier alpha value is -1.54. The van der Waals surface area contributed by atoms with E-state index in [1.54, 1.807) is 0 Å². The van der Waals surface area contributed by atoms with Crippen molar-refractivity contribution in [3.63, 3.8) is 0 Å². The molecule has 0 saturated carbocycles. The van der Waals surface area contributed by atoms with Crippen LogP contribution in [0.4, 0.5) is 8.78 Å². The number of rotatable bonds is 2. The van der Waals surface area contributed by atoms with E-state index in [-0.39, 0.29) is 23.2 Å². The second-order valence-corrected chi connectivity index (χ2v) is 3.00. The molecule has 1 rings (SSSR count). The first-order valence-electron chi connectivity index (χ1n) is 4.05. The maximum Gasteiger partial charge on any atom is 0.235 e. The zero-order chi connectivity index (χ0) is 10.7. The number of hydrogen-bond donors (Lipinski definition) is 0. The van der Waals surface area contributed by atoms with Crippen molar-refractivity contribution >= 4 is 6.08 Å². The predicted octanol–water partition coefficient (Wildman–Crippen LogP) is 2.42. The van der Waals surface area contributed by atoms with E-state index in [1.165, 1.54) is 19.9 Å². The van der Waals surface area contributed by atoms with Crippen molar-refractivity contribution in [1.82, 2.24) is 0 Å². The molecule has 0 saturated heterocycles. The standard InChI is InChI=1S/C10H9F2NO/c1-6-3-9(11)7(2)8(10(6)12)4-13-5-14/h3H,4H2,1-2H3. The molecule has 1 aromatic carbocycles. The number of hydrogen-bond acceptors (Lipinski definition) is 2. The van der Waals surface area contributed by atoms with Gasteiger partial charge in [0.15, 0.2) is 0 Å². The molecule has 0 bridgehead atoms. The molecule has 4 heteroatoms. The SMILES string of the molecule is Cc1cc(F)c(C)c(CN=C=O)c1F. The predicted molar refractivity (Wildman–Crippen MR) is 47.7 cm³/mol. The summed E-state index contributed by atoms with van der Waals surface area (Å²) in [5.41, 5.74) is 0.516. The van der Waals surface area contributed by atoms with E-state index in [1.807, 2.05) is 0 Å². The monoisotopic (exact) mass is 197 g/mol. The van der Waals surface area contributed by atoms with Gasteiger partial charge in [0.2, 0.25) is 6.08 Å². The molecule has 14 heavy (non-hydrogen) atoms. The van der Waals surface area contributed by atoms with Gasteiger partial charge < -0.3 is 0 Å². The van der Waals surface area contributed by atoms with Gasteiger partial charge in [0.25, 0.3) is 0 Å². The number of aliphatic imine (C=N–C) groups is 1. The van der Waals surface area contributed by atoms with E-state index in [4.69, 9.17) is 0 Å². The van der Waals surface area contributed by atoms with Crippen molar-refractivity contribution in [1.29, 1.82) is 0 Å². The third-order valence-electron chi connectivity index (χ3n) is 2.07. The Morgan fingerprint density at radius 3 is 2.64 bits per heavy atom. The molecule has 0 atom stereocenters. The summed E-state index contributed by atoms with van der Waals surface area (Å²) in [5, 5.41) is 0. The Balaban J connectivity index is 3.31. The second-order valence-electron chi connectivity index (χ2n) is 3.00. The maximum atomic E-state index is 13.4. The Kier molecular flexibility index (Phi) is 3.10. The summed E-state index contributed by atoms with van der Waals surface area (Å²) in [6.45, 7) is 2.75. The summed E-state index contributed by atoms with van der Waals surface area (Å²) < 4.78 is 26.5. The molecule has 0 radical (unpaired) electrons. The summed E-state index contributed by atoms with van der Waals surface area (Å²) in [4.78, 5) is 13.1. The average molecular weight is 197 g/mol. The van der Waals surface area contributed by atoms with Crippen molar-refractivity contribution in [3.8, 4) is 0 Å². The summed E-state index contributed by atoms with van der Waals surface area (Å²) in [7, 11) is 0. The van der Waals surface area contributed by atoms with Gasteiger partial charge in [-0.25, -0.2) is 18.6 Å². The molecule has 0 aliphatic carbocycles. The minimum atomic E-state index is -0.511. The van der Waals surface area contributed by atoms with Crippen LogP contribution in [-0.4, -0.2) is 6.08 Å². The van der Waals surface area contributed by atoms with Gasteiger partial charge in [0.1, 0.15) is 11.6 Å². The fourth-order valence-electron chi connectivity index (χ4n) is 1.21. The van der Waals surface area contributed by atoms with E-state index in [0.29, 0.717) is 0 Å². The topological polar surface area (TPSA) is 29.4 Å². The number of aryl methyl sites for hydroxylation is 1. The number of isocyanates is 1. The molecular formula is C10H9F2NO. The van der Waals surface area contributed by atoms with Gasteiger partial charge in [0.05, 0.1) is 6.54 Å². The molecule has 0 fully saturated rings. The fourth-order valence-corrected chi connectivity index (χ4v) is 1.21. The number of benzene rings is 1. The highest BCUT2D eigenvalue weighted by Gasteiger charge is 2.12. The van der Waals surface area contributed by atoms with Gasteiger partial charge in [-0.1, -0.05) is 0 Å². The maximum absolute atomic E-state index is 13.4. The quantitative estimate of drug-likeness (QED) is 0.528. The van der Waals surface area contributed by atoms with Crippen LogP contribution >= 0.6 is 0 Å². The zero-order valence-electron chi connectivity index (χ0n) is 7.90. The minimum Gasteiger partial charge on any atom is -0.211 e. The lowest BCUT2D eigenvalue weighted by Gasteiger charge is -2.07. The van der Waals surface area contributed by atoms with Gasteiger partial charge in [-0.05, 0) is 31.0 Å². The van der Waals surface area contributed by atoms with Crippen molar-refractivity contribution in [2.24, 2.45) is 4.99 Å². The van der Waals surface area contributed by atoms with E-state index in [2.05, 4.69) is 4.99 Å². The highest BCUT2D eigenvalue weighted by Crippen LogP contribution is 2.20. The van der Waals surface area contributed by atoms with Crippen LogP contribution in [0.25, 0.3) is 0 Å². The molecule has 0 aliphatic heterocycles. The lowest BCUT2D eigenvalue weighted by atomic mass is 10.0. The number of carbonyl (C=O) groups excluding carboxylic acids is 1. The molecule has 1 aromatic rings. The molecule has 0 spiro atoms. The van der Waals surface area contributed by atoms with Crippen molar-refractivity contribution < 1.29 is 13.6 Å². The fraction of sp³-hybridized carbons (Fsp3) is 0.300. The van der Waals surface area contributed by atoms with E-state index in [9.17, 15) is 13.6 Å². The Bertz CT molecular complexity index is 383. The first-order valence-corrected chi connectivity index (χ1v) is 4.05. The van der Waals surface area contributed by atoms with Crippen LogP contribution in [0, 0.1) is 25.5 Å². The minimum absolute atomic E-state index is 0.117. The van der Waals surface area contributed by atoms with Gasteiger partial charge in [-0.3, -0.25) is 0 Å². The molecule has 2 nitrogen and oxygen atoms in total. The Labute approximate surface area is 80.3 Å². The van der Waals surface area contributed by atoms with E-state index < -0.39 is 11.6 Å². The van der Waals surface area contributed by atoms with Crippen LogP contribution in [0.5, 0.6) is 0 Å². The summed E-state index contributed by atoms with van der Waals surface area (Å²) in [5.74, 6) is -0.997. The second kappa shape index (κ2) is 4.11. The van der Waals surface area contributed by atoms with Gasteiger partial charge in [-0.2, -0.15) is 0 Å². The molecule has 74 valence electrons. The molecular weight excluding hydrogens is 188 g/mol. The van der Waals surface area contributed by atoms with Gasteiger partial charge in [0, 0.05) is 5.56 Å². The van der Waals surface area contributed by atoms with Crippen molar-refractivity contribution in [2.45, 2.75) is 20.4 Å². The smallest absolute Gasteiger partial charge is 0.211 e. The average Bonchev–Trinajstić information content (AvgIpc) is 2.15. The zero-order valence-corrected chi connectivity index (χ0v) is 7.90. The number of nitrogens with zero attached hydrogens (tertiary/aromatic N) is 1. The van der Waals surface area contributed by atoms with Crippen LogP contribution in [0.2, 0.25) is 0 Å². The third kappa shape index (κ3) is 1.86. The Morgan fingerprint density at radius 1 is 1.43 bits per heavy atom. The molecule has 0 aliphatic rings. The highest BCUT2D eigenvalue weighted by molar-refractivity contribution is 5.37. The lowest BCUT2D eigenvalue weighted by Crippen LogP contribution is -1.99. The van der Waals surface area contributed by atoms with Gasteiger partial charge in [-0.15, -0.1) is 0 Å². The normalized spacial score (nSPS) is 9.71. The first-order chi connectivity index (χ1) is 6.57. The molecule has 0 amide bonds. The largest absolute Gasteiger partial charge is 0.235 e. The Morgan fingerprint density at radius 2 is 2.07 bits per heavy atom. The first kappa shape index (κ1) is 10.5. The number of halogens is 2. The van der Waals surface area contributed by atoms with Crippen molar-refractivity contribution in [3.05, 3.63) is 34.4 Å². The highest BCUT2D eigenvalue weighted by atomic mass is 19.1. The molecule has 0 aromatic heterocycles. The lowest BCUT2D eigenvalue weighted by molar-refractivity contribution is 0.557. The molecule has 0 heterocycles. The molecule has 0 unspecified atom stereocenters. The van der Waals surface area contributed by atoms with Crippen LogP contribution in [0.15, 0.2) is 11.1 Å².